The largest absolute Gasteiger partial charge is 0.350 e. The van der Waals surface area contributed by atoms with Crippen molar-refractivity contribution in [3.63, 3.8) is 0 Å². The number of halogens is 1. The minimum absolute atomic E-state index is 0.246. The van der Waals surface area contributed by atoms with Gasteiger partial charge in [-0.2, -0.15) is 0 Å². The molecule has 3 aromatic rings. The fourth-order valence-corrected chi connectivity index (χ4v) is 3.98. The van der Waals surface area contributed by atoms with Gasteiger partial charge in [0.2, 0.25) is 0 Å². The van der Waals surface area contributed by atoms with E-state index in [1.165, 1.54) is 5.56 Å². The number of hydrogen-bond acceptors (Lipinski definition) is 3. The van der Waals surface area contributed by atoms with Crippen LogP contribution in [0.15, 0.2) is 72.4 Å². The molecule has 0 saturated heterocycles. The van der Waals surface area contributed by atoms with E-state index in [0.717, 1.165) is 21.7 Å². The lowest BCUT2D eigenvalue weighted by atomic mass is 9.99. The van der Waals surface area contributed by atoms with Crippen molar-refractivity contribution in [3.8, 4) is 0 Å². The van der Waals surface area contributed by atoms with Gasteiger partial charge >= 0.3 is 0 Å². The van der Waals surface area contributed by atoms with Crippen LogP contribution in [0, 0.1) is 13.8 Å². The summed E-state index contributed by atoms with van der Waals surface area (Å²) in [6.45, 7) is 8.26. The quantitative estimate of drug-likeness (QED) is 0.458. The van der Waals surface area contributed by atoms with Gasteiger partial charge in [0, 0.05) is 5.69 Å². The van der Waals surface area contributed by atoms with Gasteiger partial charge in [-0.1, -0.05) is 67.9 Å². The van der Waals surface area contributed by atoms with Crippen molar-refractivity contribution < 1.29 is 9.59 Å². The molecule has 0 spiro atoms. The average molecular weight is 445 g/mol. The molecular formula is C27H25ClN2O2. The third kappa shape index (κ3) is 3.94. The maximum absolute atomic E-state index is 13.6. The highest BCUT2D eigenvalue weighted by Gasteiger charge is 2.41. The maximum Gasteiger partial charge on any atom is 0.282 e. The Kier molecular flexibility index (Phi) is 5.90. The number of nitrogens with zero attached hydrogens (tertiary/aromatic N) is 1. The molecule has 0 bridgehead atoms. The molecule has 0 aliphatic carbocycles. The van der Waals surface area contributed by atoms with E-state index < -0.39 is 11.8 Å². The molecule has 5 heteroatoms. The highest BCUT2D eigenvalue weighted by atomic mass is 35.5. The average Bonchev–Trinajstić information content (AvgIpc) is 3.00. The Hall–Kier alpha value is -3.37. The molecule has 0 aromatic heterocycles. The lowest BCUT2D eigenvalue weighted by molar-refractivity contribution is -0.120. The Bertz CT molecular complexity index is 1240. The zero-order valence-corrected chi connectivity index (χ0v) is 19.3. The first-order valence-corrected chi connectivity index (χ1v) is 11.0. The molecule has 162 valence electrons. The first-order chi connectivity index (χ1) is 15.3. The van der Waals surface area contributed by atoms with Gasteiger partial charge in [0.1, 0.15) is 5.70 Å². The molecular weight excluding hydrogens is 420 g/mol. The molecule has 1 aliphatic rings. The summed E-state index contributed by atoms with van der Waals surface area (Å²) in [4.78, 5) is 28.2. The van der Waals surface area contributed by atoms with E-state index >= 15 is 0 Å². The van der Waals surface area contributed by atoms with E-state index in [1.54, 1.807) is 24.3 Å². The SMILES string of the molecule is Cc1ccc(C2=C(Nc3ccc(C(C)C)cc3)C(=O)N(c3ccccc3Cl)C2=O)cc1C. The second-order valence-electron chi connectivity index (χ2n) is 8.35. The van der Waals surface area contributed by atoms with E-state index in [1.807, 2.05) is 56.3 Å². The Morgan fingerprint density at radius 3 is 2.16 bits per heavy atom. The van der Waals surface area contributed by atoms with E-state index in [-0.39, 0.29) is 5.70 Å². The summed E-state index contributed by atoms with van der Waals surface area (Å²) >= 11 is 6.34. The fourth-order valence-electron chi connectivity index (χ4n) is 3.76. The van der Waals surface area contributed by atoms with Gasteiger partial charge < -0.3 is 5.32 Å². The third-order valence-corrected chi connectivity index (χ3v) is 6.14. The van der Waals surface area contributed by atoms with Crippen molar-refractivity contribution in [2.24, 2.45) is 0 Å². The molecule has 0 radical (unpaired) electrons. The van der Waals surface area contributed by atoms with Crippen LogP contribution in [0.4, 0.5) is 11.4 Å². The number of hydrogen-bond donors (Lipinski definition) is 1. The second-order valence-corrected chi connectivity index (χ2v) is 8.76. The Labute approximate surface area is 193 Å². The number of carbonyl (C=O) groups is 2. The summed E-state index contributed by atoms with van der Waals surface area (Å²) in [5.41, 5.74) is 5.76. The van der Waals surface area contributed by atoms with Gasteiger partial charge in [-0.25, -0.2) is 4.90 Å². The van der Waals surface area contributed by atoms with Crippen molar-refractivity contribution in [3.05, 3.63) is 99.7 Å². The third-order valence-electron chi connectivity index (χ3n) is 5.82. The minimum Gasteiger partial charge on any atom is -0.350 e. The van der Waals surface area contributed by atoms with Gasteiger partial charge in [0.25, 0.3) is 11.8 Å². The smallest absolute Gasteiger partial charge is 0.282 e. The number of aryl methyl sites for hydroxylation is 2. The van der Waals surface area contributed by atoms with Crippen LogP contribution in [-0.2, 0) is 9.59 Å². The van der Waals surface area contributed by atoms with Crippen molar-refractivity contribution in [2.75, 3.05) is 10.2 Å². The molecule has 1 heterocycles. The van der Waals surface area contributed by atoms with Crippen LogP contribution < -0.4 is 10.2 Å². The van der Waals surface area contributed by atoms with E-state index in [4.69, 9.17) is 11.6 Å². The summed E-state index contributed by atoms with van der Waals surface area (Å²) in [5.74, 6) is -0.420. The van der Waals surface area contributed by atoms with Gasteiger partial charge in [0.05, 0.1) is 16.3 Å². The minimum atomic E-state index is -0.427. The number of amides is 2. The zero-order chi connectivity index (χ0) is 23.0. The second kappa shape index (κ2) is 8.64. The highest BCUT2D eigenvalue weighted by Crippen LogP contribution is 2.37. The number of rotatable bonds is 5. The van der Waals surface area contributed by atoms with Gasteiger partial charge in [-0.15, -0.1) is 0 Å². The highest BCUT2D eigenvalue weighted by molar-refractivity contribution is 6.48. The molecule has 32 heavy (non-hydrogen) atoms. The summed E-state index contributed by atoms with van der Waals surface area (Å²) in [6.07, 6.45) is 0. The molecule has 2 amide bonds. The fraction of sp³-hybridized carbons (Fsp3) is 0.185. The molecule has 1 N–H and O–H groups in total. The monoisotopic (exact) mass is 444 g/mol. The summed E-state index contributed by atoms with van der Waals surface area (Å²) < 4.78 is 0. The Balaban J connectivity index is 1.82. The maximum atomic E-state index is 13.6. The Morgan fingerprint density at radius 2 is 1.53 bits per heavy atom. The molecule has 0 saturated carbocycles. The molecule has 4 rings (SSSR count). The predicted molar refractivity (Wildman–Crippen MR) is 131 cm³/mol. The molecule has 1 aliphatic heterocycles. The summed E-state index contributed by atoms with van der Waals surface area (Å²) in [6, 6.07) is 20.6. The number of benzene rings is 3. The number of imide groups is 1. The first-order valence-electron chi connectivity index (χ1n) is 10.6. The lowest BCUT2D eigenvalue weighted by Crippen LogP contribution is -2.32. The summed E-state index contributed by atoms with van der Waals surface area (Å²) in [7, 11) is 0. The standard InChI is InChI=1S/C27H25ClN2O2/c1-16(2)19-11-13-21(14-12-19)29-25-24(20-10-9-17(3)18(4)15-20)26(31)30(27(25)32)23-8-6-5-7-22(23)28/h5-16,29H,1-4H3. The molecule has 0 fully saturated rings. The number of para-hydroxylation sites is 1. The molecule has 0 unspecified atom stereocenters. The normalized spacial score (nSPS) is 14.0. The topological polar surface area (TPSA) is 49.4 Å². The van der Waals surface area contributed by atoms with Crippen LogP contribution in [-0.4, -0.2) is 11.8 Å². The van der Waals surface area contributed by atoms with Crippen LogP contribution in [0.2, 0.25) is 5.02 Å². The predicted octanol–water partition coefficient (Wildman–Crippen LogP) is 6.48. The van der Waals surface area contributed by atoms with Crippen molar-refractivity contribution >= 4 is 40.4 Å². The molecule has 4 nitrogen and oxygen atoms in total. The van der Waals surface area contributed by atoms with E-state index in [9.17, 15) is 9.59 Å². The van der Waals surface area contributed by atoms with E-state index in [2.05, 4.69) is 19.2 Å². The number of anilines is 2. The van der Waals surface area contributed by atoms with Crippen LogP contribution in [0.1, 0.15) is 42.0 Å². The van der Waals surface area contributed by atoms with Crippen LogP contribution in [0.5, 0.6) is 0 Å². The number of carbonyl (C=O) groups excluding carboxylic acids is 2. The number of nitrogens with one attached hydrogen (secondary N) is 1. The zero-order valence-electron chi connectivity index (χ0n) is 18.6. The molecule has 0 atom stereocenters. The van der Waals surface area contributed by atoms with Gasteiger partial charge in [-0.3, -0.25) is 9.59 Å². The van der Waals surface area contributed by atoms with E-state index in [0.29, 0.717) is 27.8 Å². The van der Waals surface area contributed by atoms with Crippen LogP contribution in [0.3, 0.4) is 0 Å². The van der Waals surface area contributed by atoms with Crippen LogP contribution >= 0.6 is 11.6 Å². The molecule has 3 aromatic carbocycles. The summed E-state index contributed by atoms with van der Waals surface area (Å²) in [5, 5.41) is 3.56. The first kappa shape index (κ1) is 21.8. The van der Waals surface area contributed by atoms with Gasteiger partial charge in [0.15, 0.2) is 0 Å². The Morgan fingerprint density at radius 1 is 0.844 bits per heavy atom. The van der Waals surface area contributed by atoms with Crippen molar-refractivity contribution in [1.29, 1.82) is 0 Å². The lowest BCUT2D eigenvalue weighted by Gasteiger charge is -2.17. The van der Waals surface area contributed by atoms with Crippen molar-refractivity contribution in [2.45, 2.75) is 33.6 Å². The van der Waals surface area contributed by atoms with Crippen molar-refractivity contribution in [1.82, 2.24) is 0 Å². The van der Waals surface area contributed by atoms with Gasteiger partial charge in [-0.05, 0) is 66.3 Å². The van der Waals surface area contributed by atoms with Crippen LogP contribution in [0.25, 0.3) is 5.57 Å².